The lowest BCUT2D eigenvalue weighted by Crippen LogP contribution is -2.54. The lowest BCUT2D eigenvalue weighted by Gasteiger charge is -2.55. The van der Waals surface area contributed by atoms with Crippen LogP contribution in [0.5, 0.6) is 0 Å². The smallest absolute Gasteiger partial charge is 0.365 e. The molecule has 5 atom stereocenters. The Morgan fingerprint density at radius 2 is 1.80 bits per heavy atom. The van der Waals surface area contributed by atoms with Crippen molar-refractivity contribution in [2.75, 3.05) is 20.8 Å². The van der Waals surface area contributed by atoms with E-state index in [9.17, 15) is 9.59 Å². The number of hydrogen-bond acceptors (Lipinski definition) is 6. The maximum absolute atomic E-state index is 12.3. The molecule has 6 rings (SSSR count). The van der Waals surface area contributed by atoms with Gasteiger partial charge in [-0.1, -0.05) is 60.1 Å². The highest BCUT2D eigenvalue weighted by atomic mass is 16.7. The zero-order chi connectivity index (χ0) is 28.6. The molecule has 2 fully saturated rings. The number of allylic oxidation sites excluding steroid dienone is 4. The summed E-state index contributed by atoms with van der Waals surface area (Å²) >= 11 is 0. The fraction of sp³-hybridized carbons (Fsp3) is 0.457. The number of benzene rings is 2. The molecule has 4 aliphatic rings. The molecule has 214 valence electrons. The van der Waals surface area contributed by atoms with Crippen LogP contribution in [0.1, 0.15) is 79.3 Å². The minimum absolute atomic E-state index is 0.0331. The molecule has 0 saturated heterocycles. The zero-order valence-corrected chi connectivity index (χ0v) is 24.2. The zero-order valence-electron chi connectivity index (χ0n) is 24.2. The van der Waals surface area contributed by atoms with Gasteiger partial charge in [-0.2, -0.15) is 0 Å². The second kappa shape index (κ2) is 11.1. The molecule has 2 aromatic rings. The molecule has 0 radical (unpaired) electrons. The topological polar surface area (TPSA) is 74.2 Å². The largest absolute Gasteiger partial charge is 0.382 e. The Hall–Kier alpha value is -3.35. The van der Waals surface area contributed by atoms with Crippen molar-refractivity contribution in [1.29, 1.82) is 0 Å². The second-order valence-electron chi connectivity index (χ2n) is 12.3. The summed E-state index contributed by atoms with van der Waals surface area (Å²) in [4.78, 5) is 29.7. The average Bonchev–Trinajstić information content (AvgIpc) is 3.29. The third kappa shape index (κ3) is 4.81. The number of nitrogens with zero attached hydrogens (tertiary/aromatic N) is 1. The summed E-state index contributed by atoms with van der Waals surface area (Å²) in [5, 5.41) is 3.94. The molecule has 0 aliphatic heterocycles. The highest BCUT2D eigenvalue weighted by Crippen LogP contribution is 2.67. The first-order valence-electron chi connectivity index (χ1n) is 14.8. The third-order valence-electron chi connectivity index (χ3n) is 10.5. The normalized spacial score (nSPS) is 31.0. The summed E-state index contributed by atoms with van der Waals surface area (Å²) < 4.78 is 12.1. The van der Waals surface area contributed by atoms with Crippen LogP contribution in [-0.2, 0) is 19.1 Å². The van der Waals surface area contributed by atoms with E-state index < -0.39 is 5.97 Å². The molecule has 0 heterocycles. The molecule has 6 nitrogen and oxygen atoms in total. The molecular weight excluding hydrogens is 514 g/mol. The van der Waals surface area contributed by atoms with E-state index in [0.29, 0.717) is 30.4 Å². The van der Waals surface area contributed by atoms with E-state index in [2.05, 4.69) is 24.2 Å². The molecule has 2 aromatic carbocycles. The van der Waals surface area contributed by atoms with Crippen molar-refractivity contribution in [3.63, 3.8) is 0 Å². The van der Waals surface area contributed by atoms with Gasteiger partial charge >= 0.3 is 5.97 Å². The van der Waals surface area contributed by atoms with Crippen molar-refractivity contribution in [3.8, 4) is 0 Å². The van der Waals surface area contributed by atoms with Gasteiger partial charge in [0, 0.05) is 32.0 Å². The fourth-order valence-corrected chi connectivity index (χ4v) is 8.48. The van der Waals surface area contributed by atoms with Crippen molar-refractivity contribution in [2.24, 2.45) is 22.4 Å². The van der Waals surface area contributed by atoms with Crippen LogP contribution in [0.25, 0.3) is 0 Å². The Morgan fingerprint density at radius 3 is 2.54 bits per heavy atom. The number of rotatable bonds is 7. The fourth-order valence-electron chi connectivity index (χ4n) is 8.48. The van der Waals surface area contributed by atoms with Crippen LogP contribution in [0.15, 0.2) is 82.5 Å². The van der Waals surface area contributed by atoms with Crippen LogP contribution in [-0.4, -0.2) is 44.4 Å². The van der Waals surface area contributed by atoms with Crippen molar-refractivity contribution in [3.05, 3.63) is 94.1 Å². The predicted molar refractivity (Wildman–Crippen MR) is 158 cm³/mol. The molecule has 0 N–H and O–H groups in total. The minimum atomic E-state index is -0.482. The number of fused-ring (bicyclic) bond motifs is 4. The standard InChI is InChI=1S/C35H39NO5/c1-34-20-30(24-11-9-23(10-12-24)21-36-41-33(38)25-7-5-4-6-8-25)32-28-16-14-27(37)19-26(28)13-15-29(32)31(34)17-18-35(34,40-3)22-39-2/h4-12,19,21,29-31H,13-18,20,22H2,1-3H3/t29-,30+,31-,34-,35+/m0/s1. The lowest BCUT2D eigenvalue weighted by atomic mass is 9.51. The van der Waals surface area contributed by atoms with Gasteiger partial charge in [0.2, 0.25) is 0 Å². The number of ketones is 1. The van der Waals surface area contributed by atoms with Crippen molar-refractivity contribution in [1.82, 2.24) is 0 Å². The van der Waals surface area contributed by atoms with Crippen molar-refractivity contribution in [2.45, 2.75) is 63.4 Å². The van der Waals surface area contributed by atoms with Gasteiger partial charge in [-0.25, -0.2) is 4.79 Å². The quantitative estimate of drug-likeness (QED) is 0.214. The van der Waals surface area contributed by atoms with Gasteiger partial charge in [0.1, 0.15) is 0 Å². The van der Waals surface area contributed by atoms with E-state index in [0.717, 1.165) is 44.1 Å². The summed E-state index contributed by atoms with van der Waals surface area (Å²) in [5.41, 5.74) is 6.51. The predicted octanol–water partition coefficient (Wildman–Crippen LogP) is 6.81. The number of methoxy groups -OCH3 is 2. The van der Waals surface area contributed by atoms with Gasteiger partial charge in [0.15, 0.2) is 5.78 Å². The molecule has 41 heavy (non-hydrogen) atoms. The van der Waals surface area contributed by atoms with Crippen LogP contribution < -0.4 is 0 Å². The minimum Gasteiger partial charge on any atom is -0.382 e. The molecule has 0 aromatic heterocycles. The Morgan fingerprint density at radius 1 is 1.02 bits per heavy atom. The van der Waals surface area contributed by atoms with Gasteiger partial charge in [0.25, 0.3) is 0 Å². The van der Waals surface area contributed by atoms with E-state index in [1.54, 1.807) is 43.2 Å². The number of oxime groups is 1. The number of hydrogen-bond donors (Lipinski definition) is 0. The summed E-state index contributed by atoms with van der Waals surface area (Å²) in [6, 6.07) is 17.3. The molecule has 2 saturated carbocycles. The highest BCUT2D eigenvalue weighted by molar-refractivity contribution is 5.93. The molecule has 0 unspecified atom stereocenters. The monoisotopic (exact) mass is 553 g/mol. The Bertz CT molecular complexity index is 1410. The molecule has 0 spiro atoms. The Labute approximate surface area is 242 Å². The maximum atomic E-state index is 12.3. The SMILES string of the molecule is COC[C@]1(OC)CC[C@H]2[C@@H]3CCC4=CC(=O)CCC4=C3[C@@H](c3ccc(C=NOC(=O)c4ccccc4)cc3)C[C@@]21C. The van der Waals surface area contributed by atoms with E-state index in [-0.39, 0.29) is 22.7 Å². The van der Waals surface area contributed by atoms with E-state index >= 15 is 0 Å². The van der Waals surface area contributed by atoms with E-state index in [4.69, 9.17) is 14.3 Å². The number of carbonyl (C=O) groups is 2. The summed E-state index contributed by atoms with van der Waals surface area (Å²) in [7, 11) is 3.63. The van der Waals surface area contributed by atoms with Crippen LogP contribution in [0.3, 0.4) is 0 Å². The molecule has 4 aliphatic carbocycles. The third-order valence-corrected chi connectivity index (χ3v) is 10.5. The van der Waals surface area contributed by atoms with Gasteiger partial charge in [0.05, 0.1) is 24.0 Å². The van der Waals surface area contributed by atoms with Crippen molar-refractivity contribution < 1.29 is 23.9 Å². The first-order valence-corrected chi connectivity index (χ1v) is 14.8. The van der Waals surface area contributed by atoms with Crippen molar-refractivity contribution >= 4 is 18.0 Å². The first-order chi connectivity index (χ1) is 19.9. The summed E-state index contributed by atoms with van der Waals surface area (Å²) in [5.74, 6) is 1.02. The van der Waals surface area contributed by atoms with Crippen LogP contribution in [0.4, 0.5) is 0 Å². The van der Waals surface area contributed by atoms with Crippen LogP contribution in [0, 0.1) is 17.3 Å². The van der Waals surface area contributed by atoms with Crippen LogP contribution >= 0.6 is 0 Å². The van der Waals surface area contributed by atoms with Gasteiger partial charge < -0.3 is 14.3 Å². The van der Waals surface area contributed by atoms with Gasteiger partial charge in [-0.05, 0) is 90.8 Å². The number of ether oxygens (including phenoxy) is 2. The summed E-state index contributed by atoms with van der Waals surface area (Å²) in [6.07, 6.45) is 10.1. The Balaban J connectivity index is 1.33. The number of carbonyl (C=O) groups excluding carboxylic acids is 2. The van der Waals surface area contributed by atoms with Crippen LogP contribution in [0.2, 0.25) is 0 Å². The average molecular weight is 554 g/mol. The molecule has 0 amide bonds. The molecule has 0 bridgehead atoms. The first kappa shape index (κ1) is 27.8. The molecule has 6 heteroatoms. The van der Waals surface area contributed by atoms with Gasteiger partial charge in [-0.15, -0.1) is 0 Å². The lowest BCUT2D eigenvalue weighted by molar-refractivity contribution is -0.149. The maximum Gasteiger partial charge on any atom is 0.365 e. The Kier molecular flexibility index (Phi) is 7.56. The van der Waals surface area contributed by atoms with Gasteiger partial charge in [-0.3, -0.25) is 4.79 Å². The highest BCUT2D eigenvalue weighted by Gasteiger charge is 2.63. The van der Waals surface area contributed by atoms with E-state index in [1.165, 1.54) is 16.7 Å². The summed E-state index contributed by atoms with van der Waals surface area (Å²) in [6.45, 7) is 3.03. The van der Waals surface area contributed by atoms with E-state index in [1.807, 2.05) is 31.4 Å². The molecular formula is C35H39NO5. The second-order valence-corrected chi connectivity index (χ2v) is 12.3.